The number of rotatable bonds is 10. The molecule has 0 aliphatic heterocycles. The van der Waals surface area contributed by atoms with E-state index in [1.807, 2.05) is 49.6 Å². The highest BCUT2D eigenvalue weighted by Crippen LogP contribution is 2.34. The van der Waals surface area contributed by atoms with Gasteiger partial charge >= 0.3 is 11.9 Å². The lowest BCUT2D eigenvalue weighted by molar-refractivity contribution is -0.113. The number of ether oxygens (including phenoxy) is 3. The number of esters is 2. The van der Waals surface area contributed by atoms with Crippen molar-refractivity contribution >= 4 is 45.9 Å². The van der Waals surface area contributed by atoms with E-state index in [0.29, 0.717) is 23.1 Å². The van der Waals surface area contributed by atoms with Gasteiger partial charge in [-0.2, -0.15) is 0 Å². The lowest BCUT2D eigenvalue weighted by Gasteiger charge is -2.17. The van der Waals surface area contributed by atoms with Crippen LogP contribution in [0.1, 0.15) is 56.9 Å². The van der Waals surface area contributed by atoms with E-state index in [2.05, 4.69) is 15.5 Å². The summed E-state index contributed by atoms with van der Waals surface area (Å²) in [5, 5.41) is 12.0. The number of amides is 1. The third kappa shape index (κ3) is 5.88. The number of nitrogens with one attached hydrogen (secondary N) is 1. The molecule has 1 unspecified atom stereocenters. The minimum absolute atomic E-state index is 0.0102. The summed E-state index contributed by atoms with van der Waals surface area (Å²) in [5.41, 5.74) is 1.53. The number of aryl methyl sites for hydroxylation is 1. The van der Waals surface area contributed by atoms with Crippen molar-refractivity contribution < 1.29 is 28.6 Å². The van der Waals surface area contributed by atoms with Crippen molar-refractivity contribution in [2.75, 3.05) is 25.3 Å². The summed E-state index contributed by atoms with van der Waals surface area (Å²) in [7, 11) is 2.48. The molecule has 36 heavy (non-hydrogen) atoms. The van der Waals surface area contributed by atoms with Crippen LogP contribution in [0, 0.1) is 13.8 Å². The number of hydrogen-bond donors (Lipinski definition) is 1. The van der Waals surface area contributed by atoms with E-state index in [9.17, 15) is 14.4 Å². The van der Waals surface area contributed by atoms with Crippen LogP contribution >= 0.6 is 23.1 Å². The molecule has 3 aromatic rings. The van der Waals surface area contributed by atoms with Gasteiger partial charge in [-0.3, -0.25) is 4.79 Å². The maximum Gasteiger partial charge on any atom is 0.348 e. The lowest BCUT2D eigenvalue weighted by atomic mass is 10.1. The van der Waals surface area contributed by atoms with Gasteiger partial charge in [-0.1, -0.05) is 30.0 Å². The SMILES string of the molecule is CCn1c(SCC(=O)Nc2sc(C(=O)OC)c(C)c2C(=O)OC)nnc1C(C)Oc1ccccc1C. The first kappa shape index (κ1) is 27.2. The predicted molar refractivity (Wildman–Crippen MR) is 137 cm³/mol. The van der Waals surface area contributed by atoms with E-state index in [1.165, 1.54) is 26.0 Å². The molecule has 3 rings (SSSR count). The van der Waals surface area contributed by atoms with Crippen LogP contribution in [0.15, 0.2) is 29.4 Å². The largest absolute Gasteiger partial charge is 0.482 e. The van der Waals surface area contributed by atoms with Crippen molar-refractivity contribution in [2.45, 2.75) is 45.5 Å². The molecule has 0 spiro atoms. The van der Waals surface area contributed by atoms with Crippen LogP contribution in [0.4, 0.5) is 5.00 Å². The Morgan fingerprint density at radius 1 is 1.11 bits per heavy atom. The molecule has 0 aliphatic carbocycles. The molecule has 0 bridgehead atoms. The fraction of sp³-hybridized carbons (Fsp3) is 0.375. The fourth-order valence-electron chi connectivity index (χ4n) is 3.47. The zero-order valence-corrected chi connectivity index (χ0v) is 22.5. The molecule has 1 N–H and O–H groups in total. The van der Waals surface area contributed by atoms with Gasteiger partial charge < -0.3 is 24.1 Å². The molecule has 0 radical (unpaired) electrons. The molecule has 0 aliphatic rings. The number of carbonyl (C=O) groups excluding carboxylic acids is 3. The molecule has 2 aromatic heterocycles. The average molecular weight is 533 g/mol. The highest BCUT2D eigenvalue weighted by atomic mass is 32.2. The maximum atomic E-state index is 12.8. The molecule has 1 aromatic carbocycles. The monoisotopic (exact) mass is 532 g/mol. The Hall–Kier alpha value is -3.38. The maximum absolute atomic E-state index is 12.8. The molecule has 0 fully saturated rings. The second-order valence-corrected chi connectivity index (χ2v) is 9.65. The highest BCUT2D eigenvalue weighted by Gasteiger charge is 2.27. The first-order chi connectivity index (χ1) is 17.2. The molecule has 0 saturated heterocycles. The van der Waals surface area contributed by atoms with Crippen molar-refractivity contribution in [1.82, 2.24) is 14.8 Å². The Morgan fingerprint density at radius 3 is 2.44 bits per heavy atom. The number of thioether (sulfide) groups is 1. The van der Waals surface area contributed by atoms with Crippen LogP contribution in [0.2, 0.25) is 0 Å². The highest BCUT2D eigenvalue weighted by molar-refractivity contribution is 7.99. The van der Waals surface area contributed by atoms with Crippen molar-refractivity contribution in [1.29, 1.82) is 0 Å². The van der Waals surface area contributed by atoms with E-state index in [1.54, 1.807) is 6.92 Å². The molecule has 2 heterocycles. The molecular formula is C24H28N4O6S2. The van der Waals surface area contributed by atoms with Gasteiger partial charge in [0.1, 0.15) is 15.6 Å². The average Bonchev–Trinajstić information content (AvgIpc) is 3.43. The zero-order chi connectivity index (χ0) is 26.4. The summed E-state index contributed by atoms with van der Waals surface area (Å²) >= 11 is 2.17. The standard InChI is InChI=1S/C24H28N4O6S2/c1-7-28-20(15(4)34-16-11-9-8-10-13(16)2)26-27-24(28)35-12-17(29)25-21-18(22(30)32-5)14(3)19(36-21)23(31)33-6/h8-11,15H,7,12H2,1-6H3,(H,25,29). The fourth-order valence-corrected chi connectivity index (χ4v) is 5.40. The first-order valence-corrected chi connectivity index (χ1v) is 12.9. The minimum atomic E-state index is -0.653. The lowest BCUT2D eigenvalue weighted by Crippen LogP contribution is -2.17. The van der Waals surface area contributed by atoms with E-state index in [-0.39, 0.29) is 33.2 Å². The van der Waals surface area contributed by atoms with Crippen LogP contribution in [-0.2, 0) is 20.8 Å². The number of thiophene rings is 1. The minimum Gasteiger partial charge on any atom is -0.482 e. The van der Waals surface area contributed by atoms with E-state index in [4.69, 9.17) is 14.2 Å². The topological polar surface area (TPSA) is 122 Å². The molecule has 192 valence electrons. The Labute approximate surface area is 217 Å². The summed E-state index contributed by atoms with van der Waals surface area (Å²) in [6.45, 7) is 8.03. The van der Waals surface area contributed by atoms with Crippen LogP contribution < -0.4 is 10.1 Å². The van der Waals surface area contributed by atoms with Gasteiger partial charge in [0.05, 0.1) is 25.5 Å². The van der Waals surface area contributed by atoms with Crippen LogP contribution in [0.25, 0.3) is 0 Å². The number of anilines is 1. The number of nitrogens with zero attached hydrogens (tertiary/aromatic N) is 3. The number of aromatic nitrogens is 3. The van der Waals surface area contributed by atoms with Crippen molar-refractivity contribution in [2.24, 2.45) is 0 Å². The number of hydrogen-bond acceptors (Lipinski definition) is 10. The molecular weight excluding hydrogens is 504 g/mol. The van der Waals surface area contributed by atoms with Gasteiger partial charge in [-0.25, -0.2) is 9.59 Å². The van der Waals surface area contributed by atoms with Gasteiger partial charge in [0.15, 0.2) is 17.1 Å². The third-order valence-electron chi connectivity index (χ3n) is 5.32. The summed E-state index contributed by atoms with van der Waals surface area (Å²) in [6, 6.07) is 7.73. The number of carbonyl (C=O) groups is 3. The van der Waals surface area contributed by atoms with Crippen molar-refractivity contribution in [3.05, 3.63) is 51.7 Å². The van der Waals surface area contributed by atoms with Crippen molar-refractivity contribution in [3.63, 3.8) is 0 Å². The number of benzene rings is 1. The summed E-state index contributed by atoms with van der Waals surface area (Å²) in [6.07, 6.45) is -0.352. The molecule has 12 heteroatoms. The van der Waals surface area contributed by atoms with E-state index in [0.717, 1.165) is 22.6 Å². The van der Waals surface area contributed by atoms with Crippen LogP contribution in [0.3, 0.4) is 0 Å². The molecule has 1 amide bonds. The van der Waals surface area contributed by atoms with E-state index < -0.39 is 11.9 Å². The third-order valence-corrected chi connectivity index (χ3v) is 7.47. The van der Waals surface area contributed by atoms with E-state index >= 15 is 0 Å². The normalized spacial score (nSPS) is 11.6. The number of para-hydroxylation sites is 1. The quantitative estimate of drug-likeness (QED) is 0.299. The Bertz CT molecular complexity index is 1270. The zero-order valence-electron chi connectivity index (χ0n) is 20.9. The number of methoxy groups -OCH3 is 2. The smallest absolute Gasteiger partial charge is 0.348 e. The molecule has 10 nitrogen and oxygen atoms in total. The van der Waals surface area contributed by atoms with Gasteiger partial charge in [0, 0.05) is 6.54 Å². The predicted octanol–water partition coefficient (Wildman–Crippen LogP) is 4.42. The van der Waals surface area contributed by atoms with Crippen LogP contribution in [-0.4, -0.2) is 52.6 Å². The van der Waals surface area contributed by atoms with Gasteiger partial charge in [-0.15, -0.1) is 21.5 Å². The van der Waals surface area contributed by atoms with Gasteiger partial charge in [-0.05, 0) is 44.9 Å². The van der Waals surface area contributed by atoms with Gasteiger partial charge in [0.2, 0.25) is 5.91 Å². The summed E-state index contributed by atoms with van der Waals surface area (Å²) in [5.74, 6) is -0.199. The second kappa shape index (κ2) is 12.0. The Balaban J connectivity index is 1.72. The van der Waals surface area contributed by atoms with Gasteiger partial charge in [0.25, 0.3) is 0 Å². The van der Waals surface area contributed by atoms with Crippen LogP contribution in [0.5, 0.6) is 5.75 Å². The second-order valence-electron chi connectivity index (χ2n) is 7.69. The molecule has 0 saturated carbocycles. The molecule has 1 atom stereocenters. The summed E-state index contributed by atoms with van der Waals surface area (Å²) < 4.78 is 17.6. The summed E-state index contributed by atoms with van der Waals surface area (Å²) in [4.78, 5) is 37.3. The Morgan fingerprint density at radius 2 is 1.81 bits per heavy atom. The van der Waals surface area contributed by atoms with Crippen molar-refractivity contribution in [3.8, 4) is 5.75 Å². The Kier molecular flexibility index (Phi) is 9.10. The first-order valence-electron chi connectivity index (χ1n) is 11.1.